The van der Waals surface area contributed by atoms with Gasteiger partial charge in [0.2, 0.25) is 0 Å². The summed E-state index contributed by atoms with van der Waals surface area (Å²) in [6, 6.07) is 13.4. The van der Waals surface area contributed by atoms with Gasteiger partial charge in [-0.2, -0.15) is 0 Å². The van der Waals surface area contributed by atoms with Crippen molar-refractivity contribution < 1.29 is 24.2 Å². The molecule has 2 N–H and O–H groups in total. The van der Waals surface area contributed by atoms with Gasteiger partial charge < -0.3 is 14.7 Å². The lowest BCUT2D eigenvalue weighted by Gasteiger charge is -2.24. The number of nitrogens with zero attached hydrogens (tertiary/aromatic N) is 1. The maximum Gasteiger partial charge on any atom is 0.411 e. The molecular formula is C21H21ClN2O5. The Balaban J connectivity index is 1.66. The number of hydrogen-bond acceptors (Lipinski definition) is 4. The van der Waals surface area contributed by atoms with Crippen LogP contribution in [0.5, 0.6) is 0 Å². The van der Waals surface area contributed by atoms with Gasteiger partial charge in [-0.15, -0.1) is 0 Å². The van der Waals surface area contributed by atoms with Crippen LogP contribution in [-0.2, 0) is 16.1 Å². The summed E-state index contributed by atoms with van der Waals surface area (Å²) >= 11 is 6.12. The molecule has 2 aromatic rings. The standard InChI is InChI=1S/C21H21ClN2O5/c22-16-9-15(20(27)24-8-4-7-18(24)12-19(25)26)10-17(11-16)23-21(28)29-13-14-5-2-1-3-6-14/h1-3,5-6,9-11,18H,4,7-8,12-13H2,(H,23,28)(H,25,26)/t18-/m1/s1. The largest absolute Gasteiger partial charge is 0.481 e. The number of hydrogen-bond donors (Lipinski definition) is 2. The zero-order chi connectivity index (χ0) is 20.8. The van der Waals surface area contributed by atoms with Crippen LogP contribution in [0, 0.1) is 0 Å². The van der Waals surface area contributed by atoms with Crippen LogP contribution in [0.25, 0.3) is 0 Å². The number of ether oxygens (including phenoxy) is 1. The zero-order valence-corrected chi connectivity index (χ0v) is 16.4. The second kappa shape index (κ2) is 9.43. The third-order valence-electron chi connectivity index (χ3n) is 4.65. The fraction of sp³-hybridized carbons (Fsp3) is 0.286. The lowest BCUT2D eigenvalue weighted by atomic mass is 10.1. The average Bonchev–Trinajstić information content (AvgIpc) is 3.13. The predicted molar refractivity (Wildman–Crippen MR) is 108 cm³/mol. The Labute approximate surface area is 173 Å². The number of carboxylic acid groups (broad SMARTS) is 1. The molecule has 1 fully saturated rings. The van der Waals surface area contributed by atoms with Crippen LogP contribution < -0.4 is 5.32 Å². The fourth-order valence-electron chi connectivity index (χ4n) is 3.35. The Morgan fingerprint density at radius 2 is 1.93 bits per heavy atom. The molecule has 8 heteroatoms. The van der Waals surface area contributed by atoms with Gasteiger partial charge in [0.15, 0.2) is 0 Å². The molecule has 1 aliphatic rings. The van der Waals surface area contributed by atoms with E-state index in [-0.39, 0.29) is 35.6 Å². The van der Waals surface area contributed by atoms with Crippen molar-refractivity contribution in [3.05, 3.63) is 64.7 Å². The molecule has 1 aliphatic heterocycles. The zero-order valence-electron chi connectivity index (χ0n) is 15.6. The van der Waals surface area contributed by atoms with Crippen molar-refractivity contribution in [2.24, 2.45) is 0 Å². The smallest absolute Gasteiger partial charge is 0.411 e. The van der Waals surface area contributed by atoms with Gasteiger partial charge in [0.1, 0.15) is 6.61 Å². The number of anilines is 1. The second-order valence-corrected chi connectivity index (χ2v) is 7.24. The SMILES string of the molecule is O=C(O)C[C@H]1CCCN1C(=O)c1cc(Cl)cc(NC(=O)OCc2ccccc2)c1. The summed E-state index contributed by atoms with van der Waals surface area (Å²) in [5.41, 5.74) is 1.46. The van der Waals surface area contributed by atoms with Gasteiger partial charge in [-0.05, 0) is 36.6 Å². The minimum Gasteiger partial charge on any atom is -0.481 e. The summed E-state index contributed by atoms with van der Waals surface area (Å²) in [5, 5.41) is 11.9. The average molecular weight is 417 g/mol. The molecule has 0 unspecified atom stereocenters. The van der Waals surface area contributed by atoms with E-state index in [1.54, 1.807) is 4.90 Å². The van der Waals surface area contributed by atoms with E-state index < -0.39 is 12.1 Å². The molecule has 152 valence electrons. The van der Waals surface area contributed by atoms with Crippen LogP contribution >= 0.6 is 11.6 Å². The van der Waals surface area contributed by atoms with Crippen LogP contribution in [0.3, 0.4) is 0 Å². The van der Waals surface area contributed by atoms with Gasteiger partial charge >= 0.3 is 12.1 Å². The second-order valence-electron chi connectivity index (χ2n) is 6.81. The first-order valence-electron chi connectivity index (χ1n) is 9.23. The number of nitrogens with one attached hydrogen (secondary N) is 1. The van der Waals surface area contributed by atoms with Gasteiger partial charge in [-0.3, -0.25) is 14.9 Å². The van der Waals surface area contributed by atoms with Gasteiger partial charge in [-0.1, -0.05) is 41.9 Å². The number of amides is 2. The molecule has 29 heavy (non-hydrogen) atoms. The van der Waals surface area contributed by atoms with Gasteiger partial charge in [0.25, 0.3) is 5.91 Å². The van der Waals surface area contributed by atoms with E-state index >= 15 is 0 Å². The van der Waals surface area contributed by atoms with E-state index in [2.05, 4.69) is 5.32 Å². The molecule has 2 aromatic carbocycles. The number of carbonyl (C=O) groups is 3. The van der Waals surface area contributed by atoms with Crippen molar-refractivity contribution in [1.29, 1.82) is 0 Å². The van der Waals surface area contributed by atoms with E-state index in [4.69, 9.17) is 21.4 Å². The van der Waals surface area contributed by atoms with Crippen LogP contribution in [0.4, 0.5) is 10.5 Å². The van der Waals surface area contributed by atoms with Crippen molar-refractivity contribution in [3.63, 3.8) is 0 Å². The molecule has 1 saturated heterocycles. The Hall–Kier alpha value is -3.06. The van der Waals surface area contributed by atoms with Crippen molar-refractivity contribution in [2.45, 2.75) is 31.9 Å². The number of benzene rings is 2. The highest BCUT2D eigenvalue weighted by Crippen LogP contribution is 2.26. The number of carboxylic acids is 1. The predicted octanol–water partition coefficient (Wildman–Crippen LogP) is 4.17. The van der Waals surface area contributed by atoms with Crippen LogP contribution in [0.2, 0.25) is 5.02 Å². The summed E-state index contributed by atoms with van der Waals surface area (Å²) in [6.07, 6.45) is 0.638. The van der Waals surface area contributed by atoms with E-state index in [0.717, 1.165) is 12.0 Å². The Morgan fingerprint density at radius 3 is 2.66 bits per heavy atom. The first-order valence-corrected chi connectivity index (χ1v) is 9.61. The highest BCUT2D eigenvalue weighted by Gasteiger charge is 2.31. The number of rotatable bonds is 6. The summed E-state index contributed by atoms with van der Waals surface area (Å²) in [7, 11) is 0. The molecule has 0 saturated carbocycles. The maximum absolute atomic E-state index is 12.9. The Kier molecular flexibility index (Phi) is 6.72. The number of halogens is 1. The molecule has 0 aliphatic carbocycles. The topological polar surface area (TPSA) is 95.9 Å². The van der Waals surface area contributed by atoms with Gasteiger partial charge in [0, 0.05) is 28.9 Å². The normalized spacial score (nSPS) is 15.8. The third kappa shape index (κ3) is 5.71. The quantitative estimate of drug-likeness (QED) is 0.736. The molecule has 0 aromatic heterocycles. The molecule has 0 radical (unpaired) electrons. The summed E-state index contributed by atoms with van der Waals surface area (Å²) in [6.45, 7) is 0.606. The summed E-state index contributed by atoms with van der Waals surface area (Å²) < 4.78 is 5.18. The third-order valence-corrected chi connectivity index (χ3v) is 4.87. The van der Waals surface area contributed by atoms with Crippen molar-refractivity contribution in [2.75, 3.05) is 11.9 Å². The molecule has 1 atom stereocenters. The minimum atomic E-state index is -0.940. The van der Waals surface area contributed by atoms with Gasteiger partial charge in [0.05, 0.1) is 6.42 Å². The first-order chi connectivity index (χ1) is 13.9. The highest BCUT2D eigenvalue weighted by molar-refractivity contribution is 6.31. The molecule has 0 spiro atoms. The summed E-state index contributed by atoms with van der Waals surface area (Å²) in [5.74, 6) is -1.25. The highest BCUT2D eigenvalue weighted by atomic mass is 35.5. The maximum atomic E-state index is 12.9. The Morgan fingerprint density at radius 1 is 1.17 bits per heavy atom. The van der Waals surface area contributed by atoms with Crippen LogP contribution in [-0.4, -0.2) is 40.6 Å². The van der Waals surface area contributed by atoms with Crippen molar-refractivity contribution in [3.8, 4) is 0 Å². The van der Waals surface area contributed by atoms with E-state index in [9.17, 15) is 14.4 Å². The minimum absolute atomic E-state index is 0.0940. The molecule has 7 nitrogen and oxygen atoms in total. The Bertz CT molecular complexity index is 903. The number of likely N-dealkylation sites (tertiary alicyclic amines) is 1. The fourth-order valence-corrected chi connectivity index (χ4v) is 3.58. The molecule has 3 rings (SSSR count). The number of aliphatic carboxylic acids is 1. The van der Waals surface area contributed by atoms with Crippen molar-refractivity contribution in [1.82, 2.24) is 4.90 Å². The van der Waals surface area contributed by atoms with Crippen LogP contribution in [0.1, 0.15) is 35.2 Å². The van der Waals surface area contributed by atoms with E-state index in [0.29, 0.717) is 18.7 Å². The van der Waals surface area contributed by atoms with E-state index in [1.807, 2.05) is 30.3 Å². The van der Waals surface area contributed by atoms with E-state index in [1.165, 1.54) is 18.2 Å². The lowest BCUT2D eigenvalue weighted by molar-refractivity contribution is -0.137. The molecular weight excluding hydrogens is 396 g/mol. The monoisotopic (exact) mass is 416 g/mol. The lowest BCUT2D eigenvalue weighted by Crippen LogP contribution is -2.36. The summed E-state index contributed by atoms with van der Waals surface area (Å²) in [4.78, 5) is 37.5. The van der Waals surface area contributed by atoms with Crippen LogP contribution in [0.15, 0.2) is 48.5 Å². The molecule has 0 bridgehead atoms. The molecule has 1 heterocycles. The first kappa shape index (κ1) is 20.7. The molecule has 2 amide bonds. The van der Waals surface area contributed by atoms with Crippen molar-refractivity contribution >= 4 is 35.3 Å². The van der Waals surface area contributed by atoms with Gasteiger partial charge in [-0.25, -0.2) is 4.79 Å². The number of carbonyl (C=O) groups excluding carboxylic acids is 2.